The summed E-state index contributed by atoms with van der Waals surface area (Å²) in [5.74, 6) is -0.601. The predicted octanol–water partition coefficient (Wildman–Crippen LogP) is -0.209. The van der Waals surface area contributed by atoms with Crippen molar-refractivity contribution in [2.24, 2.45) is 0 Å². The van der Waals surface area contributed by atoms with Crippen molar-refractivity contribution in [2.45, 2.75) is 0 Å². The SMILES string of the molecule is O=CC(=O)c1c[nH]cn1. The molecule has 46 valence electrons. The summed E-state index contributed by atoms with van der Waals surface area (Å²) in [5.41, 5.74) is 0.157. The molecule has 0 bridgehead atoms. The van der Waals surface area contributed by atoms with Gasteiger partial charge >= 0.3 is 0 Å². The van der Waals surface area contributed by atoms with Gasteiger partial charge in [0.05, 0.1) is 6.33 Å². The molecule has 1 heterocycles. The Hall–Kier alpha value is -1.45. The molecule has 0 atom stereocenters. The fourth-order valence-electron chi connectivity index (χ4n) is 0.455. The summed E-state index contributed by atoms with van der Waals surface area (Å²) in [6, 6.07) is 0. The number of aromatic nitrogens is 2. The number of imidazole rings is 1. The number of H-pyrrole nitrogens is 1. The van der Waals surface area contributed by atoms with Gasteiger partial charge in [-0.25, -0.2) is 4.98 Å². The summed E-state index contributed by atoms with van der Waals surface area (Å²) in [5, 5.41) is 0. The van der Waals surface area contributed by atoms with Gasteiger partial charge in [-0.05, 0) is 0 Å². The molecule has 0 spiro atoms. The van der Waals surface area contributed by atoms with E-state index in [1.807, 2.05) is 0 Å². The number of carbonyl (C=O) groups is 2. The summed E-state index contributed by atoms with van der Waals surface area (Å²) in [4.78, 5) is 26.3. The molecule has 0 radical (unpaired) electrons. The van der Waals surface area contributed by atoms with Gasteiger partial charge in [-0.2, -0.15) is 0 Å². The topological polar surface area (TPSA) is 62.8 Å². The van der Waals surface area contributed by atoms with E-state index in [0.29, 0.717) is 0 Å². The van der Waals surface area contributed by atoms with Gasteiger partial charge in [0.15, 0.2) is 6.29 Å². The second-order valence-corrected chi connectivity index (χ2v) is 1.44. The number of aromatic amines is 1. The summed E-state index contributed by atoms with van der Waals surface area (Å²) in [7, 11) is 0. The van der Waals surface area contributed by atoms with Crippen molar-refractivity contribution in [3.8, 4) is 0 Å². The van der Waals surface area contributed by atoms with E-state index in [1.54, 1.807) is 0 Å². The molecule has 0 fully saturated rings. The lowest BCUT2D eigenvalue weighted by Gasteiger charge is -1.77. The highest BCUT2D eigenvalue weighted by atomic mass is 16.2. The predicted molar refractivity (Wildman–Crippen MR) is 29.0 cm³/mol. The molecule has 0 saturated heterocycles. The van der Waals surface area contributed by atoms with Crippen LogP contribution in [0, 0.1) is 0 Å². The monoisotopic (exact) mass is 124 g/mol. The molecule has 1 aromatic rings. The summed E-state index contributed by atoms with van der Waals surface area (Å²) in [6.45, 7) is 0. The molecular weight excluding hydrogens is 120 g/mol. The average molecular weight is 124 g/mol. The quantitative estimate of drug-likeness (QED) is 0.337. The molecule has 0 aliphatic carbocycles. The molecule has 4 nitrogen and oxygen atoms in total. The normalized spacial score (nSPS) is 8.89. The fraction of sp³-hybridized carbons (Fsp3) is 0. The molecule has 0 aliphatic heterocycles. The highest BCUT2D eigenvalue weighted by Gasteiger charge is 2.03. The van der Waals surface area contributed by atoms with Gasteiger partial charge in [0.25, 0.3) is 0 Å². The molecular formula is C5H4N2O2. The number of Topliss-reactive ketones (excluding diaryl/α,β-unsaturated/α-hetero) is 1. The molecule has 9 heavy (non-hydrogen) atoms. The Kier molecular flexibility index (Phi) is 1.40. The van der Waals surface area contributed by atoms with Crippen LogP contribution in [-0.4, -0.2) is 22.0 Å². The van der Waals surface area contributed by atoms with Crippen molar-refractivity contribution < 1.29 is 9.59 Å². The van der Waals surface area contributed by atoms with E-state index >= 15 is 0 Å². The molecule has 0 amide bonds. The molecule has 0 saturated carbocycles. The zero-order valence-corrected chi connectivity index (χ0v) is 4.50. The minimum atomic E-state index is -0.601. The van der Waals surface area contributed by atoms with Crippen LogP contribution in [-0.2, 0) is 4.79 Å². The number of rotatable bonds is 2. The van der Waals surface area contributed by atoms with E-state index in [9.17, 15) is 9.59 Å². The number of nitrogens with zero attached hydrogens (tertiary/aromatic N) is 1. The molecule has 1 aromatic heterocycles. The highest BCUT2D eigenvalue weighted by molar-refractivity contribution is 6.32. The van der Waals surface area contributed by atoms with Gasteiger partial charge in [-0.1, -0.05) is 0 Å². The Morgan fingerprint density at radius 1 is 1.78 bits per heavy atom. The molecule has 0 unspecified atom stereocenters. The van der Waals surface area contributed by atoms with Crippen LogP contribution in [0.1, 0.15) is 10.5 Å². The van der Waals surface area contributed by atoms with Gasteiger partial charge in [0.1, 0.15) is 5.69 Å². The van der Waals surface area contributed by atoms with E-state index in [0.717, 1.165) is 0 Å². The molecule has 1 rings (SSSR count). The Labute approximate surface area is 50.9 Å². The van der Waals surface area contributed by atoms with Crippen molar-refractivity contribution in [3.63, 3.8) is 0 Å². The first kappa shape index (κ1) is 5.68. The minimum Gasteiger partial charge on any atom is -0.350 e. The zero-order chi connectivity index (χ0) is 6.69. The summed E-state index contributed by atoms with van der Waals surface area (Å²) in [6.07, 6.45) is 2.95. The van der Waals surface area contributed by atoms with Gasteiger partial charge in [-0.3, -0.25) is 9.59 Å². The zero-order valence-electron chi connectivity index (χ0n) is 4.50. The van der Waals surface area contributed by atoms with Crippen LogP contribution in [0.15, 0.2) is 12.5 Å². The van der Waals surface area contributed by atoms with Gasteiger partial charge in [0.2, 0.25) is 5.78 Å². The van der Waals surface area contributed by atoms with Crippen LogP contribution in [0.25, 0.3) is 0 Å². The van der Waals surface area contributed by atoms with Crippen molar-refractivity contribution in [1.82, 2.24) is 9.97 Å². The van der Waals surface area contributed by atoms with Crippen LogP contribution < -0.4 is 0 Å². The Bertz CT molecular complexity index is 215. The second-order valence-electron chi connectivity index (χ2n) is 1.44. The number of carbonyl (C=O) groups excluding carboxylic acids is 2. The molecule has 0 aromatic carbocycles. The Morgan fingerprint density at radius 2 is 2.56 bits per heavy atom. The number of hydrogen-bond donors (Lipinski definition) is 1. The van der Waals surface area contributed by atoms with Gasteiger partial charge in [-0.15, -0.1) is 0 Å². The maximum Gasteiger partial charge on any atom is 0.245 e. The smallest absolute Gasteiger partial charge is 0.245 e. The summed E-state index contributed by atoms with van der Waals surface area (Å²) >= 11 is 0. The van der Waals surface area contributed by atoms with Crippen molar-refractivity contribution >= 4 is 12.1 Å². The molecule has 0 aliphatic rings. The maximum atomic E-state index is 10.4. The molecule has 4 heteroatoms. The maximum absolute atomic E-state index is 10.4. The Balaban J connectivity index is 2.89. The fourth-order valence-corrected chi connectivity index (χ4v) is 0.455. The highest BCUT2D eigenvalue weighted by Crippen LogP contribution is 1.88. The van der Waals surface area contributed by atoms with E-state index in [1.165, 1.54) is 12.5 Å². The number of aldehydes is 1. The largest absolute Gasteiger partial charge is 0.350 e. The number of nitrogens with one attached hydrogen (secondary N) is 1. The van der Waals surface area contributed by atoms with Gasteiger partial charge in [0, 0.05) is 6.20 Å². The van der Waals surface area contributed by atoms with Crippen molar-refractivity contribution in [1.29, 1.82) is 0 Å². The summed E-state index contributed by atoms with van der Waals surface area (Å²) < 4.78 is 0. The van der Waals surface area contributed by atoms with E-state index in [-0.39, 0.29) is 12.0 Å². The van der Waals surface area contributed by atoms with Crippen LogP contribution in [0.5, 0.6) is 0 Å². The minimum absolute atomic E-state index is 0.157. The average Bonchev–Trinajstić information content (AvgIpc) is 2.37. The van der Waals surface area contributed by atoms with E-state index < -0.39 is 5.78 Å². The number of hydrogen-bond acceptors (Lipinski definition) is 3. The second kappa shape index (κ2) is 2.21. The van der Waals surface area contributed by atoms with E-state index in [4.69, 9.17) is 0 Å². The lowest BCUT2D eigenvalue weighted by atomic mass is 10.3. The first-order valence-corrected chi connectivity index (χ1v) is 2.33. The Morgan fingerprint density at radius 3 is 3.00 bits per heavy atom. The van der Waals surface area contributed by atoms with Crippen LogP contribution in [0.2, 0.25) is 0 Å². The van der Waals surface area contributed by atoms with Crippen LogP contribution >= 0.6 is 0 Å². The lowest BCUT2D eigenvalue weighted by molar-refractivity contribution is -0.104. The third kappa shape index (κ3) is 1.02. The lowest BCUT2D eigenvalue weighted by Crippen LogP contribution is -1.98. The first-order valence-electron chi connectivity index (χ1n) is 2.33. The van der Waals surface area contributed by atoms with Crippen LogP contribution in [0.4, 0.5) is 0 Å². The van der Waals surface area contributed by atoms with Crippen molar-refractivity contribution in [2.75, 3.05) is 0 Å². The third-order valence-electron chi connectivity index (χ3n) is 0.858. The van der Waals surface area contributed by atoms with Crippen LogP contribution in [0.3, 0.4) is 0 Å². The number of ketones is 1. The van der Waals surface area contributed by atoms with Gasteiger partial charge < -0.3 is 4.98 Å². The molecule has 1 N–H and O–H groups in total. The third-order valence-corrected chi connectivity index (χ3v) is 0.858. The first-order chi connectivity index (χ1) is 4.34. The standard InChI is InChI=1S/C5H4N2O2/c8-2-5(9)4-1-6-3-7-4/h1-3H,(H,6,7). The van der Waals surface area contributed by atoms with E-state index in [2.05, 4.69) is 9.97 Å². The van der Waals surface area contributed by atoms with Crippen molar-refractivity contribution in [3.05, 3.63) is 18.2 Å².